The van der Waals surface area contributed by atoms with Crippen LogP contribution in [-0.2, 0) is 14.1 Å². The Morgan fingerprint density at radius 3 is 2.38 bits per heavy atom. The van der Waals surface area contributed by atoms with Crippen molar-refractivity contribution in [3.05, 3.63) is 35.3 Å². The number of carboxylic acids is 1. The number of carboxylic acid groups (broad SMARTS) is 1. The van der Waals surface area contributed by atoms with Crippen molar-refractivity contribution in [2.24, 2.45) is 5.73 Å². The molecule has 0 unspecified atom stereocenters. The van der Waals surface area contributed by atoms with Gasteiger partial charge in [0.15, 0.2) is 6.61 Å². The number of ether oxygens (including phenoxy) is 1. The van der Waals surface area contributed by atoms with Gasteiger partial charge < -0.3 is 24.9 Å². The van der Waals surface area contributed by atoms with Gasteiger partial charge in [-0.05, 0) is 39.2 Å². The van der Waals surface area contributed by atoms with Crippen LogP contribution in [0.5, 0.6) is 5.75 Å². The molecule has 3 N–H and O–H groups in total. The monoisotopic (exact) mass is 333 g/mol. The highest BCUT2D eigenvalue weighted by Gasteiger charge is 2.52. The van der Waals surface area contributed by atoms with Gasteiger partial charge in [0.05, 0.1) is 11.2 Å². The number of rotatable bonds is 6. The lowest BCUT2D eigenvalue weighted by Gasteiger charge is -2.32. The summed E-state index contributed by atoms with van der Waals surface area (Å²) in [7, 11) is -0.549. The molecule has 0 amide bonds. The van der Waals surface area contributed by atoms with Crippen LogP contribution < -0.4 is 10.5 Å². The number of hydrogen-bond donors (Lipinski definition) is 2. The zero-order chi connectivity index (χ0) is 18.0. The van der Waals surface area contributed by atoms with E-state index in [0.717, 1.165) is 11.0 Å². The predicted molar refractivity (Wildman–Crippen MR) is 92.7 cm³/mol. The van der Waals surface area contributed by atoms with Crippen LogP contribution in [0.3, 0.4) is 0 Å². The molecule has 0 aromatic heterocycles. The van der Waals surface area contributed by atoms with Crippen LogP contribution in [0, 0.1) is 0 Å². The number of para-hydroxylation sites is 1. The molecule has 1 aromatic rings. The maximum Gasteiger partial charge on any atom is 0.491 e. The van der Waals surface area contributed by atoms with E-state index in [0.29, 0.717) is 5.75 Å². The lowest BCUT2D eigenvalue weighted by Crippen LogP contribution is -2.41. The van der Waals surface area contributed by atoms with Gasteiger partial charge in [-0.2, -0.15) is 0 Å². The van der Waals surface area contributed by atoms with Crippen molar-refractivity contribution in [2.45, 2.75) is 38.9 Å². The highest BCUT2D eigenvalue weighted by Crippen LogP contribution is 2.38. The Balaban J connectivity index is 2.27. The number of hydrogen-bond acceptors (Lipinski definition) is 5. The molecule has 24 heavy (non-hydrogen) atoms. The maximum absolute atomic E-state index is 10.7. The van der Waals surface area contributed by atoms with Crippen LogP contribution in [0.25, 0.3) is 6.08 Å². The largest absolute Gasteiger partial charge is 0.491 e. The number of aliphatic carboxylic acids is 1. The predicted octanol–water partition coefficient (Wildman–Crippen LogP) is 2.12. The molecule has 0 atom stereocenters. The van der Waals surface area contributed by atoms with E-state index in [1.807, 2.05) is 45.9 Å². The van der Waals surface area contributed by atoms with E-state index in [4.69, 9.17) is 24.9 Å². The normalized spacial score (nSPS) is 19.4. The highest BCUT2D eigenvalue weighted by molar-refractivity contribution is 6.55. The Hall–Kier alpha value is -1.83. The second-order valence-corrected chi connectivity index (χ2v) is 6.73. The van der Waals surface area contributed by atoms with Gasteiger partial charge in [0.2, 0.25) is 0 Å². The van der Waals surface area contributed by atoms with E-state index < -0.39 is 30.9 Å². The summed E-state index contributed by atoms with van der Waals surface area (Å²) in [5.41, 5.74) is 6.47. The van der Waals surface area contributed by atoms with Gasteiger partial charge in [-0.1, -0.05) is 24.3 Å². The second-order valence-electron chi connectivity index (χ2n) is 6.73. The van der Waals surface area contributed by atoms with Crippen molar-refractivity contribution < 1.29 is 23.9 Å². The van der Waals surface area contributed by atoms with E-state index in [1.54, 1.807) is 12.1 Å². The van der Waals surface area contributed by atoms with Crippen LogP contribution >= 0.6 is 0 Å². The molecule has 6 nitrogen and oxygen atoms in total. The fourth-order valence-electron chi connectivity index (χ4n) is 2.29. The number of carbonyl (C=O) groups is 1. The minimum atomic E-state index is -1.03. The molecule has 0 spiro atoms. The van der Waals surface area contributed by atoms with E-state index in [2.05, 4.69) is 0 Å². The molecular formula is C17H24BNO5. The zero-order valence-corrected chi connectivity index (χ0v) is 14.5. The lowest BCUT2D eigenvalue weighted by molar-refractivity contribution is -0.139. The second kappa shape index (κ2) is 6.97. The lowest BCUT2D eigenvalue weighted by atomic mass is 9.77. The average molecular weight is 333 g/mol. The maximum atomic E-state index is 10.7. The quantitative estimate of drug-likeness (QED) is 0.775. The van der Waals surface area contributed by atoms with Crippen molar-refractivity contribution in [3.8, 4) is 5.75 Å². The van der Waals surface area contributed by atoms with Crippen LogP contribution in [0.2, 0.25) is 0 Å². The first-order chi connectivity index (χ1) is 11.2. The molecule has 1 aliphatic heterocycles. The molecule has 0 bridgehead atoms. The van der Waals surface area contributed by atoms with E-state index in [-0.39, 0.29) is 6.54 Å². The van der Waals surface area contributed by atoms with Gasteiger partial charge in [0.25, 0.3) is 0 Å². The summed E-state index contributed by atoms with van der Waals surface area (Å²) >= 11 is 0. The van der Waals surface area contributed by atoms with Crippen LogP contribution in [0.1, 0.15) is 33.3 Å². The molecule has 1 saturated heterocycles. The van der Waals surface area contributed by atoms with E-state index in [9.17, 15) is 4.79 Å². The summed E-state index contributed by atoms with van der Waals surface area (Å²) in [6.07, 6.45) is 1.83. The zero-order valence-electron chi connectivity index (χ0n) is 14.5. The van der Waals surface area contributed by atoms with E-state index in [1.165, 1.54) is 0 Å². The van der Waals surface area contributed by atoms with Gasteiger partial charge in [0, 0.05) is 12.1 Å². The van der Waals surface area contributed by atoms with Crippen molar-refractivity contribution in [2.75, 3.05) is 13.2 Å². The summed E-state index contributed by atoms with van der Waals surface area (Å²) in [5, 5.41) is 8.78. The van der Waals surface area contributed by atoms with Crippen LogP contribution in [0.4, 0.5) is 0 Å². The Bertz CT molecular complexity index is 626. The number of nitrogens with two attached hydrogens (primary N) is 1. The fourth-order valence-corrected chi connectivity index (χ4v) is 2.29. The first-order valence-electron chi connectivity index (χ1n) is 7.86. The molecule has 0 radical (unpaired) electrons. The average Bonchev–Trinajstić information content (AvgIpc) is 2.71. The van der Waals surface area contributed by atoms with Gasteiger partial charge in [-0.25, -0.2) is 4.79 Å². The molecule has 1 aliphatic rings. The third-order valence-electron chi connectivity index (χ3n) is 4.40. The van der Waals surface area contributed by atoms with Crippen LogP contribution in [0.15, 0.2) is 29.7 Å². The topological polar surface area (TPSA) is 91.0 Å². The van der Waals surface area contributed by atoms with Gasteiger partial charge in [-0.3, -0.25) is 0 Å². The Morgan fingerprint density at radius 1 is 1.25 bits per heavy atom. The van der Waals surface area contributed by atoms with Crippen molar-refractivity contribution >= 4 is 19.2 Å². The van der Waals surface area contributed by atoms with Gasteiger partial charge in [-0.15, -0.1) is 0 Å². The summed E-state index contributed by atoms with van der Waals surface area (Å²) in [6, 6.07) is 7.18. The molecule has 130 valence electrons. The minimum absolute atomic E-state index is 0.254. The Labute approximate surface area is 142 Å². The fraction of sp³-hybridized carbons (Fsp3) is 0.471. The molecule has 1 heterocycles. The standard InChI is InChI=1S/C17H24BNO5/c1-16(2)17(3,4)24-18(23-16)13(10-19)9-12-7-5-6-8-14(12)22-11-15(20)21/h5-9H,10-11,19H2,1-4H3,(H,20,21). The molecule has 1 fully saturated rings. The van der Waals surface area contributed by atoms with Crippen molar-refractivity contribution in [1.82, 2.24) is 0 Å². The summed E-state index contributed by atoms with van der Waals surface area (Å²) in [4.78, 5) is 10.7. The van der Waals surface area contributed by atoms with Crippen molar-refractivity contribution in [3.63, 3.8) is 0 Å². The van der Waals surface area contributed by atoms with Gasteiger partial charge in [0.1, 0.15) is 5.75 Å². The smallest absolute Gasteiger partial charge is 0.481 e. The van der Waals surface area contributed by atoms with Gasteiger partial charge >= 0.3 is 13.1 Å². The van der Waals surface area contributed by atoms with E-state index >= 15 is 0 Å². The highest BCUT2D eigenvalue weighted by atomic mass is 16.7. The Morgan fingerprint density at radius 2 is 1.83 bits per heavy atom. The molecule has 2 rings (SSSR count). The first kappa shape index (κ1) is 18.5. The summed E-state index contributed by atoms with van der Waals surface area (Å²) < 4.78 is 17.4. The molecule has 7 heteroatoms. The third-order valence-corrected chi connectivity index (χ3v) is 4.40. The first-order valence-corrected chi connectivity index (χ1v) is 7.86. The SMILES string of the molecule is CC1(C)OB(C(=Cc2ccccc2OCC(=O)O)CN)OC1(C)C. The summed E-state index contributed by atoms with van der Waals surface area (Å²) in [6.45, 7) is 7.76. The third kappa shape index (κ3) is 3.98. The minimum Gasteiger partial charge on any atom is -0.481 e. The Kier molecular flexibility index (Phi) is 5.37. The molecular weight excluding hydrogens is 309 g/mol. The molecule has 0 aliphatic carbocycles. The van der Waals surface area contributed by atoms with Crippen molar-refractivity contribution in [1.29, 1.82) is 0 Å². The molecule has 1 aromatic carbocycles. The number of benzene rings is 1. The summed E-state index contributed by atoms with van der Waals surface area (Å²) in [5.74, 6) is -0.554. The molecule has 0 saturated carbocycles. The van der Waals surface area contributed by atoms with Crippen LogP contribution in [-0.4, -0.2) is 42.5 Å².